The maximum atomic E-state index is 11.5. The molecule has 0 saturated heterocycles. The van der Waals surface area contributed by atoms with E-state index in [0.29, 0.717) is 11.7 Å². The van der Waals surface area contributed by atoms with Crippen molar-refractivity contribution in [1.29, 1.82) is 0 Å². The van der Waals surface area contributed by atoms with Crippen molar-refractivity contribution in [3.63, 3.8) is 0 Å². The van der Waals surface area contributed by atoms with E-state index in [-0.39, 0.29) is 5.75 Å². The van der Waals surface area contributed by atoms with Gasteiger partial charge in [0.05, 0.1) is 5.75 Å². The van der Waals surface area contributed by atoms with Gasteiger partial charge in [0, 0.05) is 5.75 Å². The second-order valence-electron chi connectivity index (χ2n) is 6.38. The molecule has 1 saturated carbocycles. The Bertz CT molecular complexity index is 338. The molecule has 0 amide bonds. The van der Waals surface area contributed by atoms with Crippen LogP contribution in [0.3, 0.4) is 0 Å². The molecular formula is C15H31NO2S. The predicted octanol–water partition coefficient (Wildman–Crippen LogP) is 2.86. The highest BCUT2D eigenvalue weighted by molar-refractivity contribution is 7.91. The normalized spacial score (nSPS) is 24.2. The summed E-state index contributed by atoms with van der Waals surface area (Å²) in [6.45, 7) is 8.41. The van der Waals surface area contributed by atoms with Crippen LogP contribution < -0.4 is 5.32 Å². The van der Waals surface area contributed by atoms with E-state index in [1.54, 1.807) is 6.92 Å². The van der Waals surface area contributed by atoms with Gasteiger partial charge in [0.25, 0.3) is 0 Å². The zero-order chi connectivity index (χ0) is 14.3. The summed E-state index contributed by atoms with van der Waals surface area (Å²) in [7, 11) is -2.77. The van der Waals surface area contributed by atoms with Crippen molar-refractivity contribution in [2.75, 3.05) is 24.6 Å². The van der Waals surface area contributed by atoms with Crippen LogP contribution in [-0.4, -0.2) is 33.0 Å². The zero-order valence-corrected chi connectivity index (χ0v) is 13.6. The molecule has 1 rings (SSSR count). The largest absolute Gasteiger partial charge is 0.316 e. The van der Waals surface area contributed by atoms with Crippen molar-refractivity contribution in [1.82, 2.24) is 5.32 Å². The van der Waals surface area contributed by atoms with Gasteiger partial charge >= 0.3 is 0 Å². The lowest BCUT2D eigenvalue weighted by Gasteiger charge is -2.20. The van der Waals surface area contributed by atoms with Crippen LogP contribution in [0.1, 0.15) is 52.9 Å². The average molecular weight is 289 g/mol. The quantitative estimate of drug-likeness (QED) is 0.710. The number of hydrogen-bond donors (Lipinski definition) is 1. The minimum Gasteiger partial charge on any atom is -0.316 e. The van der Waals surface area contributed by atoms with E-state index < -0.39 is 9.84 Å². The fraction of sp³-hybridized carbons (Fsp3) is 1.00. The van der Waals surface area contributed by atoms with Gasteiger partial charge in [-0.05, 0) is 50.1 Å². The Morgan fingerprint density at radius 2 is 1.89 bits per heavy atom. The summed E-state index contributed by atoms with van der Waals surface area (Å²) < 4.78 is 23.0. The summed E-state index contributed by atoms with van der Waals surface area (Å²) in [5.41, 5.74) is 0. The summed E-state index contributed by atoms with van der Waals surface area (Å²) in [6, 6.07) is 0. The van der Waals surface area contributed by atoms with Gasteiger partial charge in [0.1, 0.15) is 9.84 Å². The molecular weight excluding hydrogens is 258 g/mol. The standard InChI is InChI=1S/C15H31NO2S/c1-4-19(17,18)10-6-9-14-7-5-8-15(14)12-16-11-13(2)3/h13-16H,4-12H2,1-3H3. The second-order valence-corrected chi connectivity index (χ2v) is 8.85. The van der Waals surface area contributed by atoms with Crippen LogP contribution in [0.2, 0.25) is 0 Å². The third kappa shape index (κ3) is 6.75. The first-order valence-electron chi connectivity index (χ1n) is 7.85. The highest BCUT2D eigenvalue weighted by atomic mass is 32.2. The molecule has 0 aromatic carbocycles. The van der Waals surface area contributed by atoms with E-state index in [1.165, 1.54) is 19.3 Å². The molecule has 1 aliphatic carbocycles. The van der Waals surface area contributed by atoms with Crippen molar-refractivity contribution in [2.45, 2.75) is 52.9 Å². The number of nitrogens with one attached hydrogen (secondary N) is 1. The minimum absolute atomic E-state index is 0.289. The van der Waals surface area contributed by atoms with Gasteiger partial charge in [-0.3, -0.25) is 0 Å². The van der Waals surface area contributed by atoms with Crippen molar-refractivity contribution in [3.05, 3.63) is 0 Å². The van der Waals surface area contributed by atoms with Crippen LogP contribution in [0.15, 0.2) is 0 Å². The predicted molar refractivity (Wildman–Crippen MR) is 82.1 cm³/mol. The van der Waals surface area contributed by atoms with Gasteiger partial charge < -0.3 is 5.32 Å². The van der Waals surface area contributed by atoms with Crippen molar-refractivity contribution >= 4 is 9.84 Å². The molecule has 0 radical (unpaired) electrons. The molecule has 0 spiro atoms. The van der Waals surface area contributed by atoms with Crippen LogP contribution >= 0.6 is 0 Å². The van der Waals surface area contributed by atoms with E-state index in [9.17, 15) is 8.42 Å². The molecule has 1 N–H and O–H groups in total. The fourth-order valence-electron chi connectivity index (χ4n) is 3.03. The van der Waals surface area contributed by atoms with E-state index in [0.717, 1.165) is 37.8 Å². The van der Waals surface area contributed by atoms with Crippen LogP contribution in [0, 0.1) is 17.8 Å². The van der Waals surface area contributed by atoms with Crippen molar-refractivity contribution < 1.29 is 8.42 Å². The topological polar surface area (TPSA) is 46.2 Å². The smallest absolute Gasteiger partial charge is 0.150 e. The molecule has 3 nitrogen and oxygen atoms in total. The molecule has 1 fully saturated rings. The molecule has 0 aromatic heterocycles. The van der Waals surface area contributed by atoms with Gasteiger partial charge in [0.15, 0.2) is 0 Å². The van der Waals surface area contributed by atoms with Gasteiger partial charge in [-0.15, -0.1) is 0 Å². The Kier molecular flexibility index (Phi) is 7.37. The molecule has 2 unspecified atom stereocenters. The SMILES string of the molecule is CCS(=O)(=O)CCCC1CCCC1CNCC(C)C. The van der Waals surface area contributed by atoms with E-state index in [2.05, 4.69) is 19.2 Å². The molecule has 19 heavy (non-hydrogen) atoms. The Hall–Kier alpha value is -0.0900. The lowest BCUT2D eigenvalue weighted by atomic mass is 9.92. The molecule has 2 atom stereocenters. The monoisotopic (exact) mass is 289 g/mol. The molecule has 1 aliphatic rings. The maximum Gasteiger partial charge on any atom is 0.150 e. The first-order valence-corrected chi connectivity index (χ1v) is 9.68. The summed E-state index contributed by atoms with van der Waals surface area (Å²) in [6.07, 6.45) is 5.87. The highest BCUT2D eigenvalue weighted by Crippen LogP contribution is 2.34. The number of sulfone groups is 1. The highest BCUT2D eigenvalue weighted by Gasteiger charge is 2.26. The Morgan fingerprint density at radius 3 is 2.53 bits per heavy atom. The molecule has 0 heterocycles. The zero-order valence-electron chi connectivity index (χ0n) is 12.8. The lowest BCUT2D eigenvalue weighted by molar-refractivity contribution is 0.339. The first-order chi connectivity index (χ1) is 8.94. The van der Waals surface area contributed by atoms with E-state index >= 15 is 0 Å². The molecule has 0 aromatic rings. The third-order valence-electron chi connectivity index (χ3n) is 4.25. The van der Waals surface area contributed by atoms with E-state index in [1.807, 2.05) is 0 Å². The average Bonchev–Trinajstić information content (AvgIpc) is 2.76. The second kappa shape index (κ2) is 8.25. The van der Waals surface area contributed by atoms with Crippen LogP contribution in [0.5, 0.6) is 0 Å². The first kappa shape index (κ1) is 17.0. The summed E-state index contributed by atoms with van der Waals surface area (Å²) in [5, 5.41) is 3.56. The van der Waals surface area contributed by atoms with Crippen LogP contribution in [0.25, 0.3) is 0 Å². The summed E-state index contributed by atoms with van der Waals surface area (Å²) in [4.78, 5) is 0. The molecule has 4 heteroatoms. The lowest BCUT2D eigenvalue weighted by Crippen LogP contribution is -2.28. The van der Waals surface area contributed by atoms with Gasteiger partial charge in [-0.1, -0.05) is 33.6 Å². The minimum atomic E-state index is -2.77. The fourth-order valence-corrected chi connectivity index (χ4v) is 3.92. The van der Waals surface area contributed by atoms with Gasteiger partial charge in [0.2, 0.25) is 0 Å². The summed E-state index contributed by atoms with van der Waals surface area (Å²) in [5.74, 6) is 2.88. The van der Waals surface area contributed by atoms with Crippen molar-refractivity contribution in [3.8, 4) is 0 Å². The number of hydrogen-bond acceptors (Lipinski definition) is 3. The third-order valence-corrected chi connectivity index (χ3v) is 6.04. The van der Waals surface area contributed by atoms with Gasteiger partial charge in [-0.25, -0.2) is 8.42 Å². The van der Waals surface area contributed by atoms with Crippen LogP contribution in [0.4, 0.5) is 0 Å². The van der Waals surface area contributed by atoms with Crippen LogP contribution in [-0.2, 0) is 9.84 Å². The number of rotatable bonds is 9. The van der Waals surface area contributed by atoms with E-state index in [4.69, 9.17) is 0 Å². The molecule has 0 bridgehead atoms. The summed E-state index contributed by atoms with van der Waals surface area (Å²) >= 11 is 0. The van der Waals surface area contributed by atoms with Crippen molar-refractivity contribution in [2.24, 2.45) is 17.8 Å². The Morgan fingerprint density at radius 1 is 1.21 bits per heavy atom. The Balaban J connectivity index is 2.24. The molecule has 0 aliphatic heterocycles. The van der Waals surface area contributed by atoms with Gasteiger partial charge in [-0.2, -0.15) is 0 Å². The Labute approximate surface area is 119 Å². The maximum absolute atomic E-state index is 11.5. The molecule has 114 valence electrons.